The number of nitrogens with zero attached hydrogens (tertiary/aromatic N) is 2. The molecule has 2 amide bonds. The lowest BCUT2D eigenvalue weighted by molar-refractivity contribution is -0.111. The second-order valence-electron chi connectivity index (χ2n) is 9.86. The van der Waals surface area contributed by atoms with Gasteiger partial charge in [0.1, 0.15) is 5.82 Å². The Kier molecular flexibility index (Phi) is 6.18. The minimum atomic E-state index is -3.09. The number of nitrogens with one attached hydrogen (secondary N) is 2. The summed E-state index contributed by atoms with van der Waals surface area (Å²) in [4.78, 5) is 24.7. The second-order valence-corrected chi connectivity index (χ2v) is 12.1. The van der Waals surface area contributed by atoms with E-state index in [0.717, 1.165) is 24.1 Å². The van der Waals surface area contributed by atoms with Crippen molar-refractivity contribution in [3.8, 4) is 0 Å². The Morgan fingerprint density at radius 1 is 1.12 bits per heavy atom. The van der Waals surface area contributed by atoms with Gasteiger partial charge in [-0.2, -0.15) is 5.10 Å². The van der Waals surface area contributed by atoms with E-state index >= 15 is 0 Å². The summed E-state index contributed by atoms with van der Waals surface area (Å²) in [6.45, 7) is 6.06. The normalized spacial score (nSPS) is 20.2. The van der Waals surface area contributed by atoms with Gasteiger partial charge in [-0.1, -0.05) is 32.9 Å². The standard InChI is InChI=1S/C24H30N4O4S/c1-24(2,3)20-14-21(28(27-20)19-12-13-33(31,32)15-19)26-22(29)11-6-16-4-7-17(8-5-16)23(30)25-18-9-10-18/h4-8,11,14,18-19H,9-10,12-13,15H2,1-3H3,(H,25,30)(H,26,29)/b11-6+. The molecule has 1 unspecified atom stereocenters. The lowest BCUT2D eigenvalue weighted by atomic mass is 9.92. The smallest absolute Gasteiger partial charge is 0.251 e. The third-order valence-electron chi connectivity index (χ3n) is 5.82. The van der Waals surface area contributed by atoms with Gasteiger partial charge < -0.3 is 10.6 Å². The fourth-order valence-electron chi connectivity index (χ4n) is 3.68. The summed E-state index contributed by atoms with van der Waals surface area (Å²) in [5.41, 5.74) is 1.92. The van der Waals surface area contributed by atoms with E-state index in [0.29, 0.717) is 23.8 Å². The van der Waals surface area contributed by atoms with Crippen molar-refractivity contribution < 1.29 is 18.0 Å². The van der Waals surface area contributed by atoms with E-state index in [9.17, 15) is 18.0 Å². The van der Waals surface area contributed by atoms with E-state index < -0.39 is 9.84 Å². The highest BCUT2D eigenvalue weighted by atomic mass is 32.2. The molecule has 1 aromatic heterocycles. The quantitative estimate of drug-likeness (QED) is 0.631. The van der Waals surface area contributed by atoms with Gasteiger partial charge in [0.15, 0.2) is 9.84 Å². The van der Waals surface area contributed by atoms with Crippen LogP contribution in [0.3, 0.4) is 0 Å². The first-order chi connectivity index (χ1) is 15.5. The maximum atomic E-state index is 12.6. The van der Waals surface area contributed by atoms with Gasteiger partial charge in [-0.25, -0.2) is 13.1 Å². The highest BCUT2D eigenvalue weighted by Gasteiger charge is 2.32. The molecule has 2 aliphatic rings. The average molecular weight is 471 g/mol. The number of hydrogen-bond donors (Lipinski definition) is 2. The van der Waals surface area contributed by atoms with Gasteiger partial charge in [0, 0.05) is 29.2 Å². The largest absolute Gasteiger partial charge is 0.349 e. The van der Waals surface area contributed by atoms with E-state index in [1.807, 2.05) is 26.8 Å². The number of anilines is 1. The number of carbonyl (C=O) groups excluding carboxylic acids is 2. The molecular weight excluding hydrogens is 440 g/mol. The summed E-state index contributed by atoms with van der Waals surface area (Å²) < 4.78 is 25.6. The van der Waals surface area contributed by atoms with Gasteiger partial charge in [0.2, 0.25) is 5.91 Å². The molecule has 2 heterocycles. The zero-order valence-corrected chi connectivity index (χ0v) is 20.0. The number of rotatable bonds is 6. The molecule has 9 heteroatoms. The molecule has 8 nitrogen and oxygen atoms in total. The van der Waals surface area contributed by atoms with Crippen LogP contribution in [0.5, 0.6) is 0 Å². The molecule has 1 saturated heterocycles. The SMILES string of the molecule is CC(C)(C)c1cc(NC(=O)/C=C/c2ccc(C(=O)NC3CC3)cc2)n(C2CCS(=O)(=O)C2)n1. The molecule has 2 aromatic rings. The van der Waals surface area contributed by atoms with Gasteiger partial charge in [-0.05, 0) is 43.0 Å². The van der Waals surface area contributed by atoms with Gasteiger partial charge in [-0.3, -0.25) is 9.59 Å². The Morgan fingerprint density at radius 2 is 1.82 bits per heavy atom. The van der Waals surface area contributed by atoms with Gasteiger partial charge >= 0.3 is 0 Å². The fraction of sp³-hybridized carbons (Fsp3) is 0.458. The summed E-state index contributed by atoms with van der Waals surface area (Å²) in [6.07, 6.45) is 5.64. The minimum absolute atomic E-state index is 0.0254. The van der Waals surface area contributed by atoms with Crippen molar-refractivity contribution in [2.45, 2.75) is 57.5 Å². The molecule has 1 saturated carbocycles. The Hall–Kier alpha value is -2.94. The number of benzene rings is 1. The van der Waals surface area contributed by atoms with Crippen molar-refractivity contribution in [3.05, 3.63) is 53.2 Å². The minimum Gasteiger partial charge on any atom is -0.349 e. The van der Waals surface area contributed by atoms with Crippen molar-refractivity contribution in [1.82, 2.24) is 15.1 Å². The van der Waals surface area contributed by atoms with Crippen LogP contribution in [0.4, 0.5) is 5.82 Å². The fourth-order valence-corrected chi connectivity index (χ4v) is 5.37. The van der Waals surface area contributed by atoms with Crippen LogP contribution in [0.15, 0.2) is 36.4 Å². The van der Waals surface area contributed by atoms with Gasteiger partial charge in [0.25, 0.3) is 5.91 Å². The van der Waals surface area contributed by atoms with Gasteiger partial charge in [0.05, 0.1) is 23.2 Å². The molecule has 33 heavy (non-hydrogen) atoms. The summed E-state index contributed by atoms with van der Waals surface area (Å²) in [5.74, 6) is 0.224. The van der Waals surface area contributed by atoms with E-state index in [4.69, 9.17) is 0 Å². The highest BCUT2D eigenvalue weighted by molar-refractivity contribution is 7.91. The Morgan fingerprint density at radius 3 is 2.39 bits per heavy atom. The Balaban J connectivity index is 1.45. The van der Waals surface area contributed by atoms with E-state index in [1.54, 1.807) is 35.0 Å². The number of hydrogen-bond acceptors (Lipinski definition) is 5. The van der Waals surface area contributed by atoms with Crippen LogP contribution in [-0.4, -0.2) is 47.6 Å². The van der Waals surface area contributed by atoms with E-state index in [2.05, 4.69) is 15.7 Å². The third kappa shape index (κ3) is 5.90. The number of aromatic nitrogens is 2. The number of sulfone groups is 1. The molecule has 0 spiro atoms. The zero-order chi connectivity index (χ0) is 23.8. The second kappa shape index (κ2) is 8.78. The zero-order valence-electron chi connectivity index (χ0n) is 19.2. The highest BCUT2D eigenvalue weighted by Crippen LogP contribution is 2.31. The van der Waals surface area contributed by atoms with E-state index in [1.165, 1.54) is 6.08 Å². The van der Waals surface area contributed by atoms with Crippen LogP contribution in [0.25, 0.3) is 6.08 Å². The first kappa shape index (κ1) is 23.2. The third-order valence-corrected chi connectivity index (χ3v) is 7.57. The lowest BCUT2D eigenvalue weighted by Gasteiger charge is -2.15. The first-order valence-corrected chi connectivity index (χ1v) is 13.0. The van der Waals surface area contributed by atoms with Crippen LogP contribution < -0.4 is 10.6 Å². The topological polar surface area (TPSA) is 110 Å². The number of carbonyl (C=O) groups is 2. The predicted molar refractivity (Wildman–Crippen MR) is 128 cm³/mol. The molecule has 1 aliphatic heterocycles. The molecule has 4 rings (SSSR count). The van der Waals surface area contributed by atoms with Crippen molar-refractivity contribution >= 4 is 33.5 Å². The summed E-state index contributed by atoms with van der Waals surface area (Å²) >= 11 is 0. The summed E-state index contributed by atoms with van der Waals surface area (Å²) in [7, 11) is -3.09. The van der Waals surface area contributed by atoms with Crippen molar-refractivity contribution in [2.24, 2.45) is 0 Å². The molecular formula is C24H30N4O4S. The van der Waals surface area contributed by atoms with Crippen LogP contribution >= 0.6 is 0 Å². The molecule has 0 bridgehead atoms. The van der Waals surface area contributed by atoms with Crippen LogP contribution in [0.2, 0.25) is 0 Å². The van der Waals surface area contributed by atoms with Crippen LogP contribution in [0.1, 0.15) is 67.7 Å². The first-order valence-electron chi connectivity index (χ1n) is 11.2. The van der Waals surface area contributed by atoms with Gasteiger partial charge in [-0.15, -0.1) is 0 Å². The molecule has 2 fully saturated rings. The molecule has 2 N–H and O–H groups in total. The molecule has 176 valence electrons. The monoisotopic (exact) mass is 470 g/mol. The molecule has 1 aromatic carbocycles. The van der Waals surface area contributed by atoms with Crippen LogP contribution in [0, 0.1) is 0 Å². The summed E-state index contributed by atoms with van der Waals surface area (Å²) in [6, 6.07) is 8.87. The van der Waals surface area contributed by atoms with E-state index in [-0.39, 0.29) is 34.8 Å². The predicted octanol–water partition coefficient (Wildman–Crippen LogP) is 3.08. The Labute approximate surface area is 194 Å². The maximum Gasteiger partial charge on any atom is 0.251 e. The van der Waals surface area contributed by atoms with Crippen molar-refractivity contribution in [1.29, 1.82) is 0 Å². The maximum absolute atomic E-state index is 12.6. The summed E-state index contributed by atoms with van der Waals surface area (Å²) in [5, 5.41) is 10.4. The average Bonchev–Trinajstić information content (AvgIpc) is 3.33. The Bertz CT molecular complexity index is 1190. The molecule has 1 atom stereocenters. The van der Waals surface area contributed by atoms with Crippen molar-refractivity contribution in [2.75, 3.05) is 16.8 Å². The molecule has 0 radical (unpaired) electrons. The van der Waals surface area contributed by atoms with Crippen LogP contribution in [-0.2, 0) is 20.0 Å². The van der Waals surface area contributed by atoms with Crippen molar-refractivity contribution in [3.63, 3.8) is 0 Å². The lowest BCUT2D eigenvalue weighted by Crippen LogP contribution is -2.25. The number of amides is 2. The molecule has 1 aliphatic carbocycles.